The second kappa shape index (κ2) is 2.57. The standard InChI is InChI=1S/C10H11O/c1-2-8-3-4-10-9(7-8)5-6-11-10/h3-4,7H,1-2,5-6H2. The Kier molecular flexibility index (Phi) is 1.57. The monoisotopic (exact) mass is 147 g/mol. The van der Waals surface area contributed by atoms with E-state index in [4.69, 9.17) is 4.74 Å². The van der Waals surface area contributed by atoms with E-state index >= 15 is 0 Å². The molecule has 0 N–H and O–H groups in total. The second-order valence-electron chi connectivity index (χ2n) is 2.79. The summed E-state index contributed by atoms with van der Waals surface area (Å²) in [4.78, 5) is 0. The molecule has 0 saturated heterocycles. The van der Waals surface area contributed by atoms with Crippen molar-refractivity contribution in [1.82, 2.24) is 0 Å². The lowest BCUT2D eigenvalue weighted by molar-refractivity contribution is 0.357. The second-order valence-corrected chi connectivity index (χ2v) is 2.79. The maximum absolute atomic E-state index is 5.38. The van der Waals surface area contributed by atoms with Crippen LogP contribution in [0.5, 0.6) is 5.75 Å². The highest BCUT2D eigenvalue weighted by atomic mass is 16.5. The molecule has 1 nitrogen and oxygen atoms in total. The molecule has 1 aromatic carbocycles. The number of fused-ring (bicyclic) bond motifs is 1. The lowest BCUT2D eigenvalue weighted by Gasteiger charge is -2.00. The van der Waals surface area contributed by atoms with Crippen molar-refractivity contribution in [3.8, 4) is 5.75 Å². The van der Waals surface area contributed by atoms with Crippen molar-refractivity contribution in [2.75, 3.05) is 6.61 Å². The Morgan fingerprint density at radius 1 is 1.45 bits per heavy atom. The quantitative estimate of drug-likeness (QED) is 0.590. The van der Waals surface area contributed by atoms with Crippen molar-refractivity contribution in [2.24, 2.45) is 0 Å². The van der Waals surface area contributed by atoms with Crippen LogP contribution in [0, 0.1) is 6.92 Å². The fourth-order valence-corrected chi connectivity index (χ4v) is 1.40. The largest absolute Gasteiger partial charge is 0.493 e. The number of ether oxygens (including phenoxy) is 1. The van der Waals surface area contributed by atoms with E-state index in [2.05, 4.69) is 19.1 Å². The molecule has 0 bridgehead atoms. The predicted octanol–water partition coefficient (Wildman–Crippen LogP) is 2.00. The van der Waals surface area contributed by atoms with Crippen molar-refractivity contribution in [1.29, 1.82) is 0 Å². The molecule has 0 atom stereocenters. The first-order valence-electron chi connectivity index (χ1n) is 3.94. The summed E-state index contributed by atoms with van der Waals surface area (Å²) >= 11 is 0. The van der Waals surface area contributed by atoms with Crippen LogP contribution in [0.1, 0.15) is 11.1 Å². The minimum Gasteiger partial charge on any atom is -0.493 e. The lowest BCUT2D eigenvalue weighted by Crippen LogP contribution is -1.85. The average molecular weight is 147 g/mol. The average Bonchev–Trinajstić information content (AvgIpc) is 2.50. The third-order valence-electron chi connectivity index (χ3n) is 2.04. The smallest absolute Gasteiger partial charge is 0.122 e. The highest BCUT2D eigenvalue weighted by Crippen LogP contribution is 2.25. The molecule has 0 saturated carbocycles. The number of hydrogen-bond acceptors (Lipinski definition) is 1. The summed E-state index contributed by atoms with van der Waals surface area (Å²) in [5.41, 5.74) is 2.64. The normalized spacial score (nSPS) is 14.3. The van der Waals surface area contributed by atoms with Gasteiger partial charge in [-0.05, 0) is 30.5 Å². The van der Waals surface area contributed by atoms with Crippen molar-refractivity contribution in [3.63, 3.8) is 0 Å². The van der Waals surface area contributed by atoms with E-state index in [0.29, 0.717) is 0 Å². The van der Waals surface area contributed by atoms with Crippen molar-refractivity contribution < 1.29 is 4.74 Å². The van der Waals surface area contributed by atoms with Gasteiger partial charge in [0.15, 0.2) is 0 Å². The number of hydrogen-bond donors (Lipinski definition) is 0. The van der Waals surface area contributed by atoms with Gasteiger partial charge >= 0.3 is 0 Å². The Hall–Kier alpha value is -0.980. The third kappa shape index (κ3) is 1.11. The maximum atomic E-state index is 5.38. The zero-order valence-corrected chi connectivity index (χ0v) is 6.47. The minimum atomic E-state index is 0.843. The lowest BCUT2D eigenvalue weighted by atomic mass is 10.1. The van der Waals surface area contributed by atoms with Crippen LogP contribution in [-0.2, 0) is 12.8 Å². The van der Waals surface area contributed by atoms with Gasteiger partial charge in [-0.25, -0.2) is 0 Å². The van der Waals surface area contributed by atoms with Crippen LogP contribution >= 0.6 is 0 Å². The molecule has 0 aliphatic carbocycles. The van der Waals surface area contributed by atoms with E-state index in [1.165, 1.54) is 11.1 Å². The number of benzene rings is 1. The van der Waals surface area contributed by atoms with Gasteiger partial charge in [0, 0.05) is 6.42 Å². The first kappa shape index (κ1) is 6.71. The third-order valence-corrected chi connectivity index (χ3v) is 2.04. The Morgan fingerprint density at radius 2 is 2.36 bits per heavy atom. The van der Waals surface area contributed by atoms with Crippen molar-refractivity contribution in [2.45, 2.75) is 12.8 Å². The van der Waals surface area contributed by atoms with Gasteiger partial charge in [0.05, 0.1) is 6.61 Å². The van der Waals surface area contributed by atoms with Gasteiger partial charge in [0.1, 0.15) is 5.75 Å². The van der Waals surface area contributed by atoms with Crippen LogP contribution in [0.25, 0.3) is 0 Å². The molecule has 57 valence electrons. The van der Waals surface area contributed by atoms with Gasteiger partial charge in [-0.3, -0.25) is 0 Å². The molecule has 0 aromatic heterocycles. The summed E-state index contributed by atoms with van der Waals surface area (Å²) in [5, 5.41) is 0. The van der Waals surface area contributed by atoms with E-state index in [9.17, 15) is 0 Å². The van der Waals surface area contributed by atoms with Crippen LogP contribution < -0.4 is 4.74 Å². The topological polar surface area (TPSA) is 9.23 Å². The van der Waals surface area contributed by atoms with Gasteiger partial charge in [0.25, 0.3) is 0 Å². The van der Waals surface area contributed by atoms with Gasteiger partial charge < -0.3 is 4.74 Å². The molecule has 1 radical (unpaired) electrons. The van der Waals surface area contributed by atoms with E-state index in [1.54, 1.807) is 0 Å². The van der Waals surface area contributed by atoms with E-state index < -0.39 is 0 Å². The summed E-state index contributed by atoms with van der Waals surface area (Å²) in [6.45, 7) is 4.68. The Labute approximate surface area is 67.0 Å². The summed E-state index contributed by atoms with van der Waals surface area (Å²) in [5.74, 6) is 1.06. The van der Waals surface area contributed by atoms with Crippen LogP contribution in [0.15, 0.2) is 18.2 Å². The highest BCUT2D eigenvalue weighted by molar-refractivity contribution is 5.39. The molecular formula is C10H11O. The first-order valence-corrected chi connectivity index (χ1v) is 3.94. The molecule has 1 aromatic rings. The molecule has 1 heterocycles. The SMILES string of the molecule is [CH2]Cc1ccc2c(c1)CCO2. The Balaban J connectivity index is 2.41. The molecule has 0 fully saturated rings. The molecule has 1 heteroatoms. The Morgan fingerprint density at radius 3 is 3.18 bits per heavy atom. The minimum absolute atomic E-state index is 0.843. The van der Waals surface area contributed by atoms with E-state index in [-0.39, 0.29) is 0 Å². The fraction of sp³-hybridized carbons (Fsp3) is 0.300. The van der Waals surface area contributed by atoms with Crippen LogP contribution in [-0.4, -0.2) is 6.61 Å². The van der Waals surface area contributed by atoms with E-state index in [1.807, 2.05) is 6.07 Å². The molecule has 11 heavy (non-hydrogen) atoms. The van der Waals surface area contributed by atoms with E-state index in [0.717, 1.165) is 25.2 Å². The first-order chi connectivity index (χ1) is 5.40. The van der Waals surface area contributed by atoms with Gasteiger partial charge in [0.2, 0.25) is 0 Å². The molecule has 0 amide bonds. The summed E-state index contributed by atoms with van der Waals surface area (Å²) in [6, 6.07) is 6.31. The predicted molar refractivity (Wildman–Crippen MR) is 44.7 cm³/mol. The zero-order chi connectivity index (χ0) is 7.68. The van der Waals surface area contributed by atoms with Crippen LogP contribution in [0.4, 0.5) is 0 Å². The zero-order valence-electron chi connectivity index (χ0n) is 6.47. The molecular weight excluding hydrogens is 136 g/mol. The highest BCUT2D eigenvalue weighted by Gasteiger charge is 2.10. The summed E-state index contributed by atoms with van der Waals surface area (Å²) in [6.07, 6.45) is 1.93. The maximum Gasteiger partial charge on any atom is 0.122 e. The molecule has 0 unspecified atom stereocenters. The molecule has 1 aliphatic rings. The van der Waals surface area contributed by atoms with Crippen molar-refractivity contribution >= 4 is 0 Å². The van der Waals surface area contributed by atoms with Crippen LogP contribution in [0.3, 0.4) is 0 Å². The molecule has 0 spiro atoms. The Bertz CT molecular complexity index is 266. The molecule has 1 aliphatic heterocycles. The summed E-state index contributed by atoms with van der Waals surface area (Å²) < 4.78 is 5.38. The van der Waals surface area contributed by atoms with Gasteiger partial charge in [-0.15, -0.1) is 0 Å². The van der Waals surface area contributed by atoms with Crippen molar-refractivity contribution in [3.05, 3.63) is 36.2 Å². The van der Waals surface area contributed by atoms with Gasteiger partial charge in [-0.1, -0.05) is 12.1 Å². The fourth-order valence-electron chi connectivity index (χ4n) is 1.40. The number of rotatable bonds is 1. The van der Waals surface area contributed by atoms with Crippen LogP contribution in [0.2, 0.25) is 0 Å². The summed E-state index contributed by atoms with van der Waals surface area (Å²) in [7, 11) is 0. The molecule has 2 rings (SSSR count). The van der Waals surface area contributed by atoms with Gasteiger partial charge in [-0.2, -0.15) is 0 Å².